The highest BCUT2D eigenvalue weighted by atomic mass is 14.9. The number of nitrogens with zero attached hydrogens (tertiary/aromatic N) is 1. The van der Waals surface area contributed by atoms with E-state index >= 15 is 0 Å². The van der Waals surface area contributed by atoms with Crippen molar-refractivity contribution in [3.05, 3.63) is 35.4 Å². The second-order valence-electron chi connectivity index (χ2n) is 3.70. The monoisotopic (exact) mass is 202 g/mol. The summed E-state index contributed by atoms with van der Waals surface area (Å²) in [7, 11) is 1.89. The Labute approximate surface area is 91.9 Å². The van der Waals surface area contributed by atoms with Gasteiger partial charge in [0.25, 0.3) is 0 Å². The quantitative estimate of drug-likeness (QED) is 0.797. The van der Waals surface area contributed by atoms with Gasteiger partial charge in [-0.05, 0) is 24.6 Å². The van der Waals surface area contributed by atoms with Gasteiger partial charge in [0.05, 0.1) is 12.5 Å². The first-order valence-corrected chi connectivity index (χ1v) is 5.44. The Morgan fingerprint density at radius 2 is 2.00 bits per heavy atom. The van der Waals surface area contributed by atoms with Crippen LogP contribution in [-0.2, 0) is 6.42 Å². The number of benzene rings is 1. The zero-order valence-electron chi connectivity index (χ0n) is 9.46. The third kappa shape index (κ3) is 3.38. The zero-order valence-corrected chi connectivity index (χ0v) is 9.46. The number of nitrogens with one attached hydrogen (secondary N) is 1. The smallest absolute Gasteiger partial charge is 0.0641 e. The Hall–Kier alpha value is -1.33. The molecule has 2 heteroatoms. The van der Waals surface area contributed by atoms with Gasteiger partial charge in [0, 0.05) is 6.04 Å². The van der Waals surface area contributed by atoms with Crippen LogP contribution in [0.1, 0.15) is 36.9 Å². The SMILES string of the molecule is CCCc1ccc(C(CC#N)NC)cc1. The molecule has 1 unspecified atom stereocenters. The van der Waals surface area contributed by atoms with Crippen molar-refractivity contribution in [3.8, 4) is 6.07 Å². The Balaban J connectivity index is 2.73. The number of aryl methyl sites for hydroxylation is 1. The highest BCUT2D eigenvalue weighted by molar-refractivity contribution is 5.25. The van der Waals surface area contributed by atoms with Crippen molar-refractivity contribution in [2.24, 2.45) is 0 Å². The summed E-state index contributed by atoms with van der Waals surface area (Å²) in [6.07, 6.45) is 2.82. The van der Waals surface area contributed by atoms with Crippen LogP contribution in [0.3, 0.4) is 0 Å². The van der Waals surface area contributed by atoms with Gasteiger partial charge < -0.3 is 5.32 Å². The third-order valence-electron chi connectivity index (χ3n) is 2.56. The van der Waals surface area contributed by atoms with Crippen molar-refractivity contribution in [2.45, 2.75) is 32.2 Å². The lowest BCUT2D eigenvalue weighted by Gasteiger charge is -2.13. The summed E-state index contributed by atoms with van der Waals surface area (Å²) in [5.74, 6) is 0. The number of nitriles is 1. The molecule has 1 aromatic carbocycles. The van der Waals surface area contributed by atoms with Gasteiger partial charge in [-0.15, -0.1) is 0 Å². The van der Waals surface area contributed by atoms with E-state index in [1.807, 2.05) is 7.05 Å². The Morgan fingerprint density at radius 3 is 2.47 bits per heavy atom. The van der Waals surface area contributed by atoms with Crippen LogP contribution in [0.15, 0.2) is 24.3 Å². The predicted octanol–water partition coefficient (Wildman–Crippen LogP) is 2.81. The van der Waals surface area contributed by atoms with E-state index in [4.69, 9.17) is 5.26 Å². The van der Waals surface area contributed by atoms with E-state index in [1.165, 1.54) is 17.5 Å². The normalized spacial score (nSPS) is 12.1. The van der Waals surface area contributed by atoms with Crippen molar-refractivity contribution < 1.29 is 0 Å². The van der Waals surface area contributed by atoms with Crippen LogP contribution in [0.25, 0.3) is 0 Å². The fraction of sp³-hybridized carbons (Fsp3) is 0.462. The van der Waals surface area contributed by atoms with Gasteiger partial charge in [-0.25, -0.2) is 0 Å². The van der Waals surface area contributed by atoms with E-state index in [2.05, 4.69) is 42.6 Å². The highest BCUT2D eigenvalue weighted by Gasteiger charge is 2.07. The highest BCUT2D eigenvalue weighted by Crippen LogP contribution is 2.17. The van der Waals surface area contributed by atoms with Crippen LogP contribution in [0.4, 0.5) is 0 Å². The molecule has 0 aliphatic carbocycles. The Morgan fingerprint density at radius 1 is 1.33 bits per heavy atom. The van der Waals surface area contributed by atoms with Gasteiger partial charge in [0.15, 0.2) is 0 Å². The number of rotatable bonds is 5. The molecule has 80 valence electrons. The summed E-state index contributed by atoms with van der Waals surface area (Å²) >= 11 is 0. The Kier molecular flexibility index (Phi) is 4.86. The third-order valence-corrected chi connectivity index (χ3v) is 2.56. The molecular formula is C13H18N2. The first kappa shape index (κ1) is 11.7. The van der Waals surface area contributed by atoms with Crippen molar-refractivity contribution in [2.75, 3.05) is 7.05 Å². The average Bonchev–Trinajstić information content (AvgIpc) is 2.28. The molecule has 0 saturated carbocycles. The molecule has 1 atom stereocenters. The minimum atomic E-state index is 0.158. The molecule has 1 rings (SSSR count). The minimum Gasteiger partial charge on any atom is -0.312 e. The van der Waals surface area contributed by atoms with Crippen molar-refractivity contribution in [1.82, 2.24) is 5.32 Å². The second-order valence-corrected chi connectivity index (χ2v) is 3.70. The van der Waals surface area contributed by atoms with E-state index in [0.717, 1.165) is 6.42 Å². The van der Waals surface area contributed by atoms with Gasteiger partial charge >= 0.3 is 0 Å². The van der Waals surface area contributed by atoms with E-state index in [0.29, 0.717) is 6.42 Å². The summed E-state index contributed by atoms with van der Waals surface area (Å²) in [5.41, 5.74) is 2.56. The van der Waals surface area contributed by atoms with Gasteiger partial charge in [0.2, 0.25) is 0 Å². The summed E-state index contributed by atoms with van der Waals surface area (Å²) in [6, 6.07) is 10.9. The molecule has 1 N–H and O–H groups in total. The molecule has 0 fully saturated rings. The van der Waals surface area contributed by atoms with Gasteiger partial charge in [-0.1, -0.05) is 37.6 Å². The van der Waals surface area contributed by atoms with Gasteiger partial charge in [-0.2, -0.15) is 5.26 Å². The molecule has 0 aliphatic heterocycles. The van der Waals surface area contributed by atoms with Crippen LogP contribution >= 0.6 is 0 Å². The molecule has 0 spiro atoms. The molecule has 15 heavy (non-hydrogen) atoms. The van der Waals surface area contributed by atoms with Crippen molar-refractivity contribution in [3.63, 3.8) is 0 Å². The molecule has 0 bridgehead atoms. The number of hydrogen-bond donors (Lipinski definition) is 1. The van der Waals surface area contributed by atoms with Crippen molar-refractivity contribution in [1.29, 1.82) is 5.26 Å². The summed E-state index contributed by atoms with van der Waals surface area (Å²) in [4.78, 5) is 0. The molecule has 0 amide bonds. The first-order valence-electron chi connectivity index (χ1n) is 5.44. The van der Waals surface area contributed by atoms with Gasteiger partial charge in [-0.3, -0.25) is 0 Å². The van der Waals surface area contributed by atoms with Crippen LogP contribution in [-0.4, -0.2) is 7.05 Å². The lowest BCUT2D eigenvalue weighted by atomic mass is 10.0. The Bertz CT molecular complexity index is 321. The minimum absolute atomic E-state index is 0.158. The molecule has 0 aromatic heterocycles. The zero-order chi connectivity index (χ0) is 11.1. The molecule has 2 nitrogen and oxygen atoms in total. The lowest BCUT2D eigenvalue weighted by Crippen LogP contribution is -2.15. The second kappa shape index (κ2) is 6.21. The maximum absolute atomic E-state index is 8.68. The molecule has 0 radical (unpaired) electrons. The average molecular weight is 202 g/mol. The lowest BCUT2D eigenvalue weighted by molar-refractivity contribution is 0.608. The van der Waals surface area contributed by atoms with Crippen LogP contribution in [0.2, 0.25) is 0 Å². The first-order chi connectivity index (χ1) is 7.31. The largest absolute Gasteiger partial charge is 0.312 e. The molecule has 0 aliphatic rings. The number of hydrogen-bond acceptors (Lipinski definition) is 2. The maximum Gasteiger partial charge on any atom is 0.0641 e. The maximum atomic E-state index is 8.68. The molecule has 1 aromatic rings. The van der Waals surface area contributed by atoms with E-state index in [9.17, 15) is 0 Å². The standard InChI is InChI=1S/C13H18N2/c1-3-4-11-5-7-12(8-6-11)13(15-2)9-10-14/h5-8,13,15H,3-4,9H2,1-2H3. The van der Waals surface area contributed by atoms with E-state index < -0.39 is 0 Å². The van der Waals surface area contributed by atoms with E-state index in [1.54, 1.807) is 0 Å². The summed E-state index contributed by atoms with van der Waals surface area (Å²) in [5, 5.41) is 11.8. The predicted molar refractivity (Wildman–Crippen MR) is 62.5 cm³/mol. The molecular weight excluding hydrogens is 184 g/mol. The molecule has 0 saturated heterocycles. The topological polar surface area (TPSA) is 35.8 Å². The van der Waals surface area contributed by atoms with Crippen LogP contribution < -0.4 is 5.32 Å². The van der Waals surface area contributed by atoms with E-state index in [-0.39, 0.29) is 6.04 Å². The van der Waals surface area contributed by atoms with Crippen LogP contribution in [0, 0.1) is 11.3 Å². The van der Waals surface area contributed by atoms with Crippen LogP contribution in [0.5, 0.6) is 0 Å². The summed E-state index contributed by atoms with van der Waals surface area (Å²) in [6.45, 7) is 2.18. The molecule has 0 heterocycles. The van der Waals surface area contributed by atoms with Crippen molar-refractivity contribution >= 4 is 0 Å². The fourth-order valence-electron chi connectivity index (χ4n) is 1.68. The van der Waals surface area contributed by atoms with Gasteiger partial charge in [0.1, 0.15) is 0 Å². The fourth-order valence-corrected chi connectivity index (χ4v) is 1.68. The summed E-state index contributed by atoms with van der Waals surface area (Å²) < 4.78 is 0.